The van der Waals surface area contributed by atoms with Crippen molar-refractivity contribution >= 4 is 16.7 Å². The molecule has 0 aliphatic heterocycles. The number of methoxy groups -OCH3 is 2. The number of nitrogens with two attached hydrogens (primary N) is 1. The van der Waals surface area contributed by atoms with Crippen molar-refractivity contribution < 1.29 is 24.2 Å². The van der Waals surface area contributed by atoms with Gasteiger partial charge in [0.2, 0.25) is 11.8 Å². The summed E-state index contributed by atoms with van der Waals surface area (Å²) in [5, 5.41) is 11.7. The van der Waals surface area contributed by atoms with Crippen molar-refractivity contribution in [2.75, 3.05) is 14.2 Å². The predicted molar refractivity (Wildman–Crippen MR) is 124 cm³/mol. The number of aromatic hydroxyl groups is 1. The third-order valence-electron chi connectivity index (χ3n) is 5.21. The molecule has 0 spiro atoms. The molecule has 1 heterocycles. The molecule has 172 valence electrons. The maximum Gasteiger partial charge on any atom is 0.294 e. The fourth-order valence-electron chi connectivity index (χ4n) is 3.18. The van der Waals surface area contributed by atoms with E-state index in [-0.39, 0.29) is 24.3 Å². The van der Waals surface area contributed by atoms with E-state index in [1.807, 2.05) is 30.3 Å². The van der Waals surface area contributed by atoms with Crippen molar-refractivity contribution in [2.45, 2.75) is 26.9 Å². The molecule has 0 saturated carbocycles. The van der Waals surface area contributed by atoms with E-state index in [2.05, 4.69) is 11.8 Å². The minimum Gasteiger partial charge on any atom is -0.493 e. The number of rotatable bonds is 7. The van der Waals surface area contributed by atoms with Crippen molar-refractivity contribution in [1.82, 2.24) is 4.73 Å². The van der Waals surface area contributed by atoms with Gasteiger partial charge in [0.25, 0.3) is 5.56 Å². The van der Waals surface area contributed by atoms with E-state index >= 15 is 0 Å². The van der Waals surface area contributed by atoms with Crippen LogP contribution in [0.1, 0.15) is 25.0 Å². The second-order valence-corrected chi connectivity index (χ2v) is 7.88. The standard InChI is InChI=1S/C25H26N2O6/c1-25(2,24(26)30)12-8-11-17-18-13-20(31-3)21(32-4)14-19(18)23(29)27(22(17)28)33-15-16-9-6-5-7-10-16/h5-7,9-10,13-14,28H,11,15H2,1-4H3,(H2,26,30). The summed E-state index contributed by atoms with van der Waals surface area (Å²) in [4.78, 5) is 30.5. The number of pyridine rings is 1. The molecular weight excluding hydrogens is 424 g/mol. The van der Waals surface area contributed by atoms with Crippen molar-refractivity contribution in [2.24, 2.45) is 11.1 Å². The topological polar surface area (TPSA) is 113 Å². The summed E-state index contributed by atoms with van der Waals surface area (Å²) in [5.74, 6) is 5.50. The molecule has 1 aromatic heterocycles. The van der Waals surface area contributed by atoms with E-state index in [0.29, 0.717) is 22.4 Å². The van der Waals surface area contributed by atoms with E-state index in [0.717, 1.165) is 10.3 Å². The average molecular weight is 450 g/mol. The van der Waals surface area contributed by atoms with Gasteiger partial charge in [-0.25, -0.2) is 0 Å². The third-order valence-corrected chi connectivity index (χ3v) is 5.21. The van der Waals surface area contributed by atoms with Crippen LogP contribution in [0.25, 0.3) is 10.8 Å². The Morgan fingerprint density at radius 3 is 2.27 bits per heavy atom. The molecule has 0 bridgehead atoms. The zero-order valence-corrected chi connectivity index (χ0v) is 19.0. The largest absolute Gasteiger partial charge is 0.493 e. The molecule has 0 unspecified atom stereocenters. The van der Waals surface area contributed by atoms with Gasteiger partial charge in [-0.15, -0.1) is 4.73 Å². The van der Waals surface area contributed by atoms with Gasteiger partial charge in [0.05, 0.1) is 19.6 Å². The molecule has 3 rings (SSSR count). The molecule has 3 N–H and O–H groups in total. The van der Waals surface area contributed by atoms with Gasteiger partial charge in [-0.05, 0) is 31.5 Å². The maximum absolute atomic E-state index is 13.2. The molecule has 33 heavy (non-hydrogen) atoms. The molecular formula is C25H26N2O6. The average Bonchev–Trinajstić information content (AvgIpc) is 2.80. The van der Waals surface area contributed by atoms with Gasteiger partial charge in [0.15, 0.2) is 11.5 Å². The Balaban J connectivity index is 2.17. The van der Waals surface area contributed by atoms with Gasteiger partial charge >= 0.3 is 0 Å². The number of carbonyl (C=O) groups is 1. The third kappa shape index (κ3) is 4.88. The number of benzene rings is 2. The first-order chi connectivity index (χ1) is 15.7. The highest BCUT2D eigenvalue weighted by atomic mass is 16.7. The molecule has 0 fully saturated rings. The lowest BCUT2D eigenvalue weighted by Crippen LogP contribution is -2.30. The van der Waals surface area contributed by atoms with Crippen LogP contribution in [0.5, 0.6) is 17.4 Å². The highest BCUT2D eigenvalue weighted by Gasteiger charge is 2.23. The van der Waals surface area contributed by atoms with Crippen molar-refractivity contribution in [3.05, 3.63) is 63.9 Å². The van der Waals surface area contributed by atoms with Crippen LogP contribution >= 0.6 is 0 Å². The van der Waals surface area contributed by atoms with Gasteiger partial charge in [-0.1, -0.05) is 42.2 Å². The number of ether oxygens (including phenoxy) is 2. The van der Waals surface area contributed by atoms with Crippen LogP contribution in [0.3, 0.4) is 0 Å². The van der Waals surface area contributed by atoms with E-state index in [9.17, 15) is 14.7 Å². The van der Waals surface area contributed by atoms with Crippen LogP contribution in [0, 0.1) is 17.3 Å². The Morgan fingerprint density at radius 2 is 1.70 bits per heavy atom. The van der Waals surface area contributed by atoms with Gasteiger partial charge < -0.3 is 25.2 Å². The summed E-state index contributed by atoms with van der Waals surface area (Å²) in [6.07, 6.45) is 0.0313. The monoisotopic (exact) mass is 450 g/mol. The second kappa shape index (κ2) is 9.57. The molecule has 0 atom stereocenters. The maximum atomic E-state index is 13.2. The minimum atomic E-state index is -1.05. The summed E-state index contributed by atoms with van der Waals surface area (Å²) in [6, 6.07) is 12.4. The van der Waals surface area contributed by atoms with E-state index in [1.165, 1.54) is 20.3 Å². The van der Waals surface area contributed by atoms with Crippen molar-refractivity contribution in [3.63, 3.8) is 0 Å². The number of amides is 1. The number of nitrogens with zero attached hydrogens (tertiary/aromatic N) is 1. The first-order valence-corrected chi connectivity index (χ1v) is 10.2. The van der Waals surface area contributed by atoms with Gasteiger partial charge in [0.1, 0.15) is 12.0 Å². The summed E-state index contributed by atoms with van der Waals surface area (Å²) in [5.41, 5.74) is 4.94. The number of aromatic nitrogens is 1. The van der Waals surface area contributed by atoms with Gasteiger partial charge in [-0.3, -0.25) is 9.59 Å². The van der Waals surface area contributed by atoms with Crippen molar-refractivity contribution in [1.29, 1.82) is 0 Å². The molecule has 2 aromatic carbocycles. The van der Waals surface area contributed by atoms with Gasteiger partial charge in [0, 0.05) is 17.4 Å². The van der Waals surface area contributed by atoms with Crippen LogP contribution < -0.4 is 25.6 Å². The Morgan fingerprint density at radius 1 is 1.09 bits per heavy atom. The van der Waals surface area contributed by atoms with E-state index < -0.39 is 16.9 Å². The summed E-state index contributed by atoms with van der Waals surface area (Å²) in [6.45, 7) is 3.28. The molecule has 8 nitrogen and oxygen atoms in total. The Hall–Kier alpha value is -4.12. The molecule has 0 radical (unpaired) electrons. The lowest BCUT2D eigenvalue weighted by molar-refractivity contribution is -0.123. The number of hydrogen-bond donors (Lipinski definition) is 2. The fraction of sp³-hybridized carbons (Fsp3) is 0.280. The summed E-state index contributed by atoms with van der Waals surface area (Å²) in [7, 11) is 2.94. The zero-order valence-electron chi connectivity index (χ0n) is 19.0. The second-order valence-electron chi connectivity index (χ2n) is 7.88. The molecule has 0 saturated heterocycles. The first kappa shape index (κ1) is 23.5. The number of primary amides is 1. The molecule has 0 aliphatic carbocycles. The van der Waals surface area contributed by atoms with Crippen molar-refractivity contribution in [3.8, 4) is 29.2 Å². The lowest BCUT2D eigenvalue weighted by atomic mass is 9.93. The number of hydrogen-bond acceptors (Lipinski definition) is 6. The molecule has 0 aliphatic rings. The van der Waals surface area contributed by atoms with Crippen LogP contribution in [-0.2, 0) is 17.8 Å². The number of carbonyl (C=O) groups excluding carboxylic acids is 1. The highest BCUT2D eigenvalue weighted by Crippen LogP contribution is 2.35. The fourth-order valence-corrected chi connectivity index (χ4v) is 3.18. The lowest BCUT2D eigenvalue weighted by Gasteiger charge is -2.17. The van der Waals surface area contributed by atoms with E-state index in [1.54, 1.807) is 19.9 Å². The van der Waals surface area contributed by atoms with Crippen LogP contribution in [0.4, 0.5) is 0 Å². The quantitative estimate of drug-likeness (QED) is 0.535. The Kier molecular flexibility index (Phi) is 6.83. The van der Waals surface area contributed by atoms with E-state index in [4.69, 9.17) is 20.0 Å². The van der Waals surface area contributed by atoms with Crippen LogP contribution in [0.15, 0.2) is 47.3 Å². The SMILES string of the molecule is COc1cc2c(CC#CC(C)(C)C(N)=O)c(O)n(OCc3ccccc3)c(=O)c2cc1OC. The molecule has 3 aromatic rings. The Bertz CT molecular complexity index is 1300. The first-order valence-electron chi connectivity index (χ1n) is 10.2. The Labute approximate surface area is 191 Å². The summed E-state index contributed by atoms with van der Waals surface area (Å²) >= 11 is 0. The molecule has 1 amide bonds. The normalized spacial score (nSPS) is 10.9. The highest BCUT2D eigenvalue weighted by molar-refractivity contribution is 5.90. The smallest absolute Gasteiger partial charge is 0.294 e. The molecule has 8 heteroatoms. The number of fused-ring (bicyclic) bond motifs is 1. The summed E-state index contributed by atoms with van der Waals surface area (Å²) < 4.78 is 11.5. The van der Waals surface area contributed by atoms with Crippen LogP contribution in [0.2, 0.25) is 0 Å². The predicted octanol–water partition coefficient (Wildman–Crippen LogP) is 2.41. The van der Waals surface area contributed by atoms with Crippen LogP contribution in [-0.4, -0.2) is 30.0 Å². The minimum absolute atomic E-state index is 0.0313. The zero-order chi connectivity index (χ0) is 24.2. The van der Waals surface area contributed by atoms with Gasteiger partial charge in [-0.2, -0.15) is 0 Å².